The molecule has 4 rings (SSSR count). The minimum atomic E-state index is -3.75. The lowest BCUT2D eigenvalue weighted by atomic mass is 10.1. The summed E-state index contributed by atoms with van der Waals surface area (Å²) in [6.07, 6.45) is 0. The number of aryl methyl sites for hydroxylation is 3. The van der Waals surface area contributed by atoms with Crippen LogP contribution in [-0.4, -0.2) is 18.6 Å². The van der Waals surface area contributed by atoms with Crippen LogP contribution >= 0.6 is 11.3 Å². The molecule has 6 nitrogen and oxygen atoms in total. The minimum absolute atomic E-state index is 0.208. The SMILES string of the molecule is Cc1cccc(C)c1NS(=O)(=O)c1cc(-c2nc(-c3ccccc3)no2)sc1C. The Morgan fingerprint density at radius 3 is 2.34 bits per heavy atom. The average Bonchev–Trinajstić information content (AvgIpc) is 3.33. The second kappa shape index (κ2) is 7.46. The summed E-state index contributed by atoms with van der Waals surface area (Å²) < 4.78 is 34.2. The van der Waals surface area contributed by atoms with Gasteiger partial charge in [0, 0.05) is 10.4 Å². The zero-order valence-corrected chi connectivity index (χ0v) is 17.8. The molecule has 1 N–H and O–H groups in total. The van der Waals surface area contributed by atoms with Gasteiger partial charge in [-0.15, -0.1) is 11.3 Å². The fourth-order valence-electron chi connectivity index (χ4n) is 3.03. The van der Waals surface area contributed by atoms with Crippen LogP contribution in [0, 0.1) is 20.8 Å². The van der Waals surface area contributed by atoms with Crippen molar-refractivity contribution in [1.29, 1.82) is 0 Å². The molecule has 2 heterocycles. The third-order valence-corrected chi connectivity index (χ3v) is 7.19. The van der Waals surface area contributed by atoms with Crippen molar-refractivity contribution >= 4 is 27.0 Å². The topological polar surface area (TPSA) is 85.1 Å². The molecular weight excluding hydrogens is 406 g/mol. The fraction of sp³-hybridized carbons (Fsp3) is 0.143. The van der Waals surface area contributed by atoms with Gasteiger partial charge in [-0.2, -0.15) is 4.98 Å². The first kappa shape index (κ1) is 19.4. The van der Waals surface area contributed by atoms with Crippen molar-refractivity contribution in [2.24, 2.45) is 0 Å². The number of hydrogen-bond acceptors (Lipinski definition) is 6. The van der Waals surface area contributed by atoms with E-state index in [1.807, 2.05) is 62.4 Å². The molecule has 0 atom stereocenters. The second-order valence-corrected chi connectivity index (χ2v) is 9.60. The van der Waals surface area contributed by atoms with E-state index in [1.54, 1.807) is 13.0 Å². The molecule has 148 valence electrons. The van der Waals surface area contributed by atoms with Crippen LogP contribution in [-0.2, 0) is 10.0 Å². The van der Waals surface area contributed by atoms with Crippen molar-refractivity contribution in [3.8, 4) is 22.2 Å². The van der Waals surface area contributed by atoms with Crippen LogP contribution in [0.3, 0.4) is 0 Å². The van der Waals surface area contributed by atoms with Gasteiger partial charge in [-0.05, 0) is 38.0 Å². The van der Waals surface area contributed by atoms with E-state index >= 15 is 0 Å². The largest absolute Gasteiger partial charge is 0.333 e. The fourth-order valence-corrected chi connectivity index (χ4v) is 5.75. The Balaban J connectivity index is 1.67. The van der Waals surface area contributed by atoms with Crippen LogP contribution in [0.25, 0.3) is 22.2 Å². The van der Waals surface area contributed by atoms with Gasteiger partial charge in [-0.25, -0.2) is 8.42 Å². The number of sulfonamides is 1. The lowest BCUT2D eigenvalue weighted by Crippen LogP contribution is -2.14. The zero-order valence-electron chi connectivity index (χ0n) is 16.1. The molecule has 0 aliphatic carbocycles. The minimum Gasteiger partial charge on any atom is -0.333 e. The Kier molecular flexibility index (Phi) is 4.97. The molecule has 0 bridgehead atoms. The van der Waals surface area contributed by atoms with Crippen LogP contribution in [0.4, 0.5) is 5.69 Å². The number of nitrogens with one attached hydrogen (secondary N) is 1. The first-order valence-electron chi connectivity index (χ1n) is 8.94. The maximum atomic E-state index is 13.0. The van der Waals surface area contributed by atoms with Crippen LogP contribution in [0.15, 0.2) is 64.0 Å². The first-order valence-corrected chi connectivity index (χ1v) is 11.2. The van der Waals surface area contributed by atoms with Crippen molar-refractivity contribution in [1.82, 2.24) is 10.1 Å². The molecule has 0 aliphatic rings. The molecule has 2 aromatic carbocycles. The van der Waals surface area contributed by atoms with Gasteiger partial charge in [0.1, 0.15) is 4.90 Å². The first-order chi connectivity index (χ1) is 13.8. The number of nitrogens with zero attached hydrogens (tertiary/aromatic N) is 2. The molecule has 0 spiro atoms. The van der Waals surface area contributed by atoms with Crippen LogP contribution < -0.4 is 4.72 Å². The number of para-hydroxylation sites is 1. The van der Waals surface area contributed by atoms with Gasteiger partial charge in [-0.3, -0.25) is 4.72 Å². The van der Waals surface area contributed by atoms with E-state index in [9.17, 15) is 8.42 Å². The third kappa shape index (κ3) is 3.81. The molecular formula is C21H19N3O3S2. The standard InChI is InChI=1S/C21H19N3O3S2/c1-13-8-7-9-14(2)19(13)24-29(25,26)18-12-17(28-15(18)3)21-22-20(23-27-21)16-10-5-4-6-11-16/h4-12,24H,1-3H3. The van der Waals surface area contributed by atoms with E-state index in [4.69, 9.17) is 4.52 Å². The summed E-state index contributed by atoms with van der Waals surface area (Å²) in [5, 5.41) is 4.01. The number of benzene rings is 2. The van der Waals surface area contributed by atoms with Crippen molar-refractivity contribution in [3.63, 3.8) is 0 Å². The Morgan fingerprint density at radius 2 is 1.66 bits per heavy atom. The Bertz CT molecular complexity index is 1260. The van der Waals surface area contributed by atoms with Crippen LogP contribution in [0.1, 0.15) is 16.0 Å². The Labute approximate surface area is 173 Å². The maximum absolute atomic E-state index is 13.0. The van der Waals surface area contributed by atoms with Gasteiger partial charge in [-0.1, -0.05) is 53.7 Å². The molecule has 0 saturated heterocycles. The third-order valence-electron chi connectivity index (χ3n) is 4.55. The summed E-state index contributed by atoms with van der Waals surface area (Å²) in [6.45, 7) is 5.52. The van der Waals surface area contributed by atoms with Crippen molar-refractivity contribution in [3.05, 3.63) is 70.6 Å². The predicted molar refractivity (Wildman–Crippen MR) is 115 cm³/mol. The van der Waals surface area contributed by atoms with Gasteiger partial charge in [0.2, 0.25) is 5.82 Å². The number of aromatic nitrogens is 2. The molecule has 8 heteroatoms. The zero-order chi connectivity index (χ0) is 20.6. The molecule has 0 amide bonds. The second-order valence-electron chi connectivity index (χ2n) is 6.69. The highest BCUT2D eigenvalue weighted by Gasteiger charge is 2.24. The summed E-state index contributed by atoms with van der Waals surface area (Å²) in [4.78, 5) is 5.89. The van der Waals surface area contributed by atoms with Crippen molar-refractivity contribution in [2.45, 2.75) is 25.7 Å². The molecule has 0 saturated carbocycles. The number of anilines is 1. The molecule has 29 heavy (non-hydrogen) atoms. The molecule has 2 aromatic heterocycles. The lowest BCUT2D eigenvalue weighted by Gasteiger charge is -2.12. The quantitative estimate of drug-likeness (QED) is 0.475. The van der Waals surface area contributed by atoms with Crippen molar-refractivity contribution < 1.29 is 12.9 Å². The Morgan fingerprint density at radius 1 is 0.966 bits per heavy atom. The molecule has 4 aromatic rings. The average molecular weight is 426 g/mol. The van der Waals surface area contributed by atoms with Gasteiger partial charge in [0.25, 0.3) is 15.9 Å². The van der Waals surface area contributed by atoms with Crippen LogP contribution in [0.5, 0.6) is 0 Å². The monoisotopic (exact) mass is 425 g/mol. The number of rotatable bonds is 5. The molecule has 0 radical (unpaired) electrons. The lowest BCUT2D eigenvalue weighted by molar-refractivity contribution is 0.433. The maximum Gasteiger partial charge on any atom is 0.268 e. The van der Waals surface area contributed by atoms with E-state index in [0.29, 0.717) is 27.2 Å². The van der Waals surface area contributed by atoms with E-state index in [1.165, 1.54) is 11.3 Å². The highest BCUT2D eigenvalue weighted by atomic mass is 32.2. The summed E-state index contributed by atoms with van der Waals surface area (Å²) in [6, 6.07) is 16.7. The number of hydrogen-bond donors (Lipinski definition) is 1. The van der Waals surface area contributed by atoms with Gasteiger partial charge in [0.15, 0.2) is 0 Å². The van der Waals surface area contributed by atoms with Gasteiger partial charge >= 0.3 is 0 Å². The predicted octanol–water partition coefficient (Wildman–Crippen LogP) is 5.19. The normalized spacial score (nSPS) is 11.6. The van der Waals surface area contributed by atoms with E-state index < -0.39 is 10.0 Å². The summed E-state index contributed by atoms with van der Waals surface area (Å²) in [5.41, 5.74) is 3.17. The summed E-state index contributed by atoms with van der Waals surface area (Å²) in [7, 11) is -3.75. The van der Waals surface area contributed by atoms with E-state index in [2.05, 4.69) is 14.9 Å². The molecule has 0 fully saturated rings. The smallest absolute Gasteiger partial charge is 0.268 e. The summed E-state index contributed by atoms with van der Waals surface area (Å²) >= 11 is 1.31. The van der Waals surface area contributed by atoms with E-state index in [0.717, 1.165) is 16.7 Å². The molecule has 0 aliphatic heterocycles. The Hall–Kier alpha value is -2.97. The highest BCUT2D eigenvalue weighted by Crippen LogP contribution is 2.35. The van der Waals surface area contributed by atoms with Crippen LogP contribution in [0.2, 0.25) is 0 Å². The summed E-state index contributed by atoms with van der Waals surface area (Å²) in [5.74, 6) is 0.759. The van der Waals surface area contributed by atoms with Gasteiger partial charge < -0.3 is 4.52 Å². The van der Waals surface area contributed by atoms with Gasteiger partial charge in [0.05, 0.1) is 10.6 Å². The highest BCUT2D eigenvalue weighted by molar-refractivity contribution is 7.93. The van der Waals surface area contributed by atoms with Crippen molar-refractivity contribution in [2.75, 3.05) is 4.72 Å². The van der Waals surface area contributed by atoms with E-state index in [-0.39, 0.29) is 4.90 Å². The molecule has 0 unspecified atom stereocenters. The number of thiophene rings is 1.